The third kappa shape index (κ3) is 3.94. The number of nitrogen functional groups attached to an aromatic ring is 1. The highest BCUT2D eigenvalue weighted by Crippen LogP contribution is 2.17. The van der Waals surface area contributed by atoms with Gasteiger partial charge in [0.1, 0.15) is 5.01 Å². The summed E-state index contributed by atoms with van der Waals surface area (Å²) in [5, 5.41) is 11.5. The van der Waals surface area contributed by atoms with Crippen LogP contribution < -0.4 is 11.1 Å². The minimum Gasteiger partial charge on any atom is -0.381 e. The zero-order chi connectivity index (χ0) is 12.1. The first-order valence-corrected chi connectivity index (χ1v) is 6.48. The van der Waals surface area contributed by atoms with Crippen molar-refractivity contribution in [2.75, 3.05) is 18.9 Å². The average Bonchev–Trinajstić information content (AvgIpc) is 2.74. The highest BCUT2D eigenvalue weighted by molar-refractivity contribution is 7.15. The van der Waals surface area contributed by atoms with E-state index in [0.717, 1.165) is 24.5 Å². The lowest BCUT2D eigenvalue weighted by atomic mass is 9.98. The predicted octanol–water partition coefficient (Wildman–Crippen LogP) is 0.553. The fourth-order valence-corrected chi connectivity index (χ4v) is 2.36. The van der Waals surface area contributed by atoms with Crippen LogP contribution in [0.3, 0.4) is 0 Å². The van der Waals surface area contributed by atoms with E-state index in [2.05, 4.69) is 15.5 Å². The van der Waals surface area contributed by atoms with E-state index in [4.69, 9.17) is 10.5 Å². The van der Waals surface area contributed by atoms with E-state index >= 15 is 0 Å². The van der Waals surface area contributed by atoms with E-state index < -0.39 is 0 Å². The average molecular weight is 256 g/mol. The number of ether oxygens (including phenoxy) is 1. The molecular formula is C10H16N4O2S. The second-order valence-electron chi connectivity index (χ2n) is 4.10. The number of nitrogens with zero attached hydrogens (tertiary/aromatic N) is 2. The zero-order valence-electron chi connectivity index (χ0n) is 9.52. The minimum atomic E-state index is 0.0364. The van der Waals surface area contributed by atoms with E-state index in [1.807, 2.05) is 0 Å². The summed E-state index contributed by atoms with van der Waals surface area (Å²) in [6.07, 6.45) is 2.64. The van der Waals surface area contributed by atoms with Crippen molar-refractivity contribution in [1.29, 1.82) is 0 Å². The number of rotatable bonds is 4. The Morgan fingerprint density at radius 3 is 3.12 bits per heavy atom. The van der Waals surface area contributed by atoms with Crippen LogP contribution in [-0.2, 0) is 16.1 Å². The molecule has 2 rings (SSSR count). The summed E-state index contributed by atoms with van der Waals surface area (Å²) in [5.41, 5.74) is 5.45. The molecule has 7 heteroatoms. The van der Waals surface area contributed by atoms with Gasteiger partial charge in [0.15, 0.2) is 0 Å². The molecule has 1 aromatic rings. The second kappa shape index (κ2) is 5.92. The smallest absolute Gasteiger partial charge is 0.220 e. The lowest BCUT2D eigenvalue weighted by Crippen LogP contribution is -2.28. The second-order valence-corrected chi connectivity index (χ2v) is 5.19. The summed E-state index contributed by atoms with van der Waals surface area (Å²) in [6.45, 7) is 1.92. The van der Waals surface area contributed by atoms with Crippen LogP contribution in [-0.4, -0.2) is 29.3 Å². The Kier molecular flexibility index (Phi) is 4.27. The van der Waals surface area contributed by atoms with Crippen molar-refractivity contribution in [3.8, 4) is 0 Å². The topological polar surface area (TPSA) is 90.1 Å². The molecule has 0 saturated carbocycles. The molecule has 1 fully saturated rings. The van der Waals surface area contributed by atoms with Crippen molar-refractivity contribution in [3.05, 3.63) is 5.01 Å². The van der Waals surface area contributed by atoms with Crippen molar-refractivity contribution in [2.24, 2.45) is 5.92 Å². The van der Waals surface area contributed by atoms with Crippen LogP contribution in [0.15, 0.2) is 0 Å². The minimum absolute atomic E-state index is 0.0364. The van der Waals surface area contributed by atoms with E-state index in [9.17, 15) is 4.79 Å². The highest BCUT2D eigenvalue weighted by Gasteiger charge is 2.17. The molecule has 1 aliphatic heterocycles. The Labute approximate surface area is 104 Å². The largest absolute Gasteiger partial charge is 0.381 e. The zero-order valence-corrected chi connectivity index (χ0v) is 10.3. The maximum absolute atomic E-state index is 11.6. The number of nitrogens with one attached hydrogen (secondary N) is 1. The quantitative estimate of drug-likeness (QED) is 0.821. The summed E-state index contributed by atoms with van der Waals surface area (Å²) in [6, 6.07) is 0. The van der Waals surface area contributed by atoms with Crippen LogP contribution in [0.25, 0.3) is 0 Å². The van der Waals surface area contributed by atoms with Gasteiger partial charge in [-0.3, -0.25) is 4.79 Å². The molecule has 6 nitrogen and oxygen atoms in total. The third-order valence-electron chi connectivity index (χ3n) is 2.65. The number of carbonyl (C=O) groups excluding carboxylic acids is 1. The third-order valence-corrected chi connectivity index (χ3v) is 3.40. The Bertz CT molecular complexity index is 376. The molecular weight excluding hydrogens is 240 g/mol. The Hall–Kier alpha value is -1.21. The van der Waals surface area contributed by atoms with Gasteiger partial charge in [-0.2, -0.15) is 0 Å². The van der Waals surface area contributed by atoms with Crippen molar-refractivity contribution < 1.29 is 9.53 Å². The van der Waals surface area contributed by atoms with Crippen LogP contribution in [0.5, 0.6) is 0 Å². The van der Waals surface area contributed by atoms with Gasteiger partial charge in [-0.1, -0.05) is 11.3 Å². The van der Waals surface area contributed by atoms with Gasteiger partial charge < -0.3 is 15.8 Å². The van der Waals surface area contributed by atoms with E-state index in [0.29, 0.717) is 30.6 Å². The Morgan fingerprint density at radius 2 is 2.47 bits per heavy atom. The van der Waals surface area contributed by atoms with Gasteiger partial charge >= 0.3 is 0 Å². The normalized spacial score (nSPS) is 20.1. The van der Waals surface area contributed by atoms with Crippen molar-refractivity contribution in [2.45, 2.75) is 25.8 Å². The van der Waals surface area contributed by atoms with E-state index in [1.165, 1.54) is 11.3 Å². The molecule has 0 bridgehead atoms. The molecule has 0 unspecified atom stereocenters. The molecule has 0 radical (unpaired) electrons. The molecule has 0 aliphatic carbocycles. The van der Waals surface area contributed by atoms with Crippen LogP contribution in [0.1, 0.15) is 24.3 Å². The number of hydrogen-bond donors (Lipinski definition) is 2. The molecule has 0 aromatic carbocycles. The number of amides is 1. The highest BCUT2D eigenvalue weighted by atomic mass is 32.1. The van der Waals surface area contributed by atoms with Crippen molar-refractivity contribution in [3.63, 3.8) is 0 Å². The number of carbonyl (C=O) groups is 1. The summed E-state index contributed by atoms with van der Waals surface area (Å²) in [4.78, 5) is 11.6. The fourth-order valence-electron chi connectivity index (χ4n) is 1.81. The van der Waals surface area contributed by atoms with Gasteiger partial charge in [0.2, 0.25) is 11.0 Å². The number of aromatic nitrogens is 2. The van der Waals surface area contributed by atoms with Gasteiger partial charge in [0, 0.05) is 19.6 Å². The summed E-state index contributed by atoms with van der Waals surface area (Å²) in [5.74, 6) is 0.387. The lowest BCUT2D eigenvalue weighted by Gasteiger charge is -2.21. The Morgan fingerprint density at radius 1 is 1.59 bits per heavy atom. The first-order chi connectivity index (χ1) is 8.24. The summed E-state index contributed by atoms with van der Waals surface area (Å²) >= 11 is 1.29. The molecule has 2 heterocycles. The molecule has 1 saturated heterocycles. The fraction of sp³-hybridized carbons (Fsp3) is 0.700. The molecule has 3 N–H and O–H groups in total. The maximum Gasteiger partial charge on any atom is 0.220 e. The monoisotopic (exact) mass is 256 g/mol. The van der Waals surface area contributed by atoms with Gasteiger partial charge in [0.05, 0.1) is 6.54 Å². The van der Waals surface area contributed by atoms with Crippen LogP contribution in [0, 0.1) is 5.92 Å². The van der Waals surface area contributed by atoms with E-state index in [-0.39, 0.29) is 5.91 Å². The van der Waals surface area contributed by atoms with Crippen molar-refractivity contribution in [1.82, 2.24) is 15.5 Å². The van der Waals surface area contributed by atoms with Gasteiger partial charge in [-0.05, 0) is 18.8 Å². The van der Waals surface area contributed by atoms with Gasteiger partial charge in [-0.25, -0.2) is 0 Å². The molecule has 17 heavy (non-hydrogen) atoms. The molecule has 94 valence electrons. The standard InChI is InChI=1S/C10H16N4O2S/c11-10-14-13-9(17-10)5-12-8(15)4-7-2-1-3-16-6-7/h7H,1-6H2,(H2,11,14)(H,12,15)/t7-/m1/s1. The van der Waals surface area contributed by atoms with Crippen molar-refractivity contribution >= 4 is 22.4 Å². The van der Waals surface area contributed by atoms with Crippen LogP contribution in [0.2, 0.25) is 0 Å². The van der Waals surface area contributed by atoms with Crippen LogP contribution >= 0.6 is 11.3 Å². The summed E-state index contributed by atoms with van der Waals surface area (Å²) in [7, 11) is 0. The first-order valence-electron chi connectivity index (χ1n) is 5.66. The molecule has 0 spiro atoms. The van der Waals surface area contributed by atoms with E-state index in [1.54, 1.807) is 0 Å². The number of nitrogens with two attached hydrogens (primary N) is 1. The molecule has 1 atom stereocenters. The Balaban J connectivity index is 1.70. The SMILES string of the molecule is Nc1nnc(CNC(=O)C[C@H]2CCCOC2)s1. The van der Waals surface area contributed by atoms with Gasteiger partial charge in [0.25, 0.3) is 0 Å². The van der Waals surface area contributed by atoms with Gasteiger partial charge in [-0.15, -0.1) is 10.2 Å². The van der Waals surface area contributed by atoms with Crippen LogP contribution in [0.4, 0.5) is 5.13 Å². The predicted molar refractivity (Wildman–Crippen MR) is 64.3 cm³/mol. The molecule has 1 aromatic heterocycles. The number of anilines is 1. The summed E-state index contributed by atoms with van der Waals surface area (Å²) < 4.78 is 5.33. The maximum atomic E-state index is 11.6. The molecule has 1 amide bonds. The first kappa shape index (κ1) is 12.3. The number of hydrogen-bond acceptors (Lipinski definition) is 6. The molecule has 1 aliphatic rings. The lowest BCUT2D eigenvalue weighted by molar-refractivity contribution is -0.123.